The third-order valence-electron chi connectivity index (χ3n) is 3.10. The van der Waals surface area contributed by atoms with Crippen LogP contribution in [0.2, 0.25) is 0 Å². The number of hydrogen-bond donors (Lipinski definition) is 2. The van der Waals surface area contributed by atoms with Crippen molar-refractivity contribution in [1.82, 2.24) is 5.32 Å². The Bertz CT molecular complexity index is 496. The zero-order valence-electron chi connectivity index (χ0n) is 10.1. The largest absolute Gasteiger partial charge is 0.492 e. The third kappa shape index (κ3) is 3.44. The molecule has 2 rings (SSSR count). The van der Waals surface area contributed by atoms with E-state index >= 15 is 0 Å². The summed E-state index contributed by atoms with van der Waals surface area (Å²) in [7, 11) is -3.72. The van der Waals surface area contributed by atoms with Gasteiger partial charge in [0, 0.05) is 0 Å². The third-order valence-corrected chi connectivity index (χ3v) is 4.05. The fourth-order valence-electron chi connectivity index (χ4n) is 2.10. The molecule has 0 spiro atoms. The van der Waals surface area contributed by atoms with Crippen molar-refractivity contribution in [2.24, 2.45) is 11.1 Å². The Kier molecular flexibility index (Phi) is 4.21. The molecule has 18 heavy (non-hydrogen) atoms. The molecule has 1 fully saturated rings. The maximum Gasteiger partial charge on any atom is 0.241 e. The Labute approximate surface area is 107 Å². The molecule has 0 aromatic heterocycles. The van der Waals surface area contributed by atoms with Gasteiger partial charge in [-0.2, -0.15) is 0 Å². The Morgan fingerprint density at radius 3 is 2.83 bits per heavy atom. The number of benzene rings is 1. The molecule has 5 nitrogen and oxygen atoms in total. The molecule has 0 saturated carbocycles. The van der Waals surface area contributed by atoms with E-state index in [-0.39, 0.29) is 4.90 Å². The Balaban J connectivity index is 1.96. The van der Waals surface area contributed by atoms with Crippen molar-refractivity contribution in [1.29, 1.82) is 0 Å². The lowest BCUT2D eigenvalue weighted by atomic mass is 10.1. The molecule has 0 bridgehead atoms. The van der Waals surface area contributed by atoms with Gasteiger partial charge in [0.15, 0.2) is 0 Å². The number of ether oxygens (including phenoxy) is 1. The van der Waals surface area contributed by atoms with Crippen molar-refractivity contribution in [2.75, 3.05) is 19.7 Å². The quantitative estimate of drug-likeness (QED) is 0.825. The summed E-state index contributed by atoms with van der Waals surface area (Å²) in [5.74, 6) is 0.956. The van der Waals surface area contributed by atoms with Gasteiger partial charge in [-0.3, -0.25) is 0 Å². The highest BCUT2D eigenvalue weighted by atomic mass is 32.2. The average Bonchev–Trinajstić information content (AvgIpc) is 2.81. The molecule has 1 saturated heterocycles. The van der Waals surface area contributed by atoms with Crippen LogP contribution in [-0.4, -0.2) is 28.1 Å². The zero-order valence-corrected chi connectivity index (χ0v) is 10.9. The maximum atomic E-state index is 11.4. The van der Waals surface area contributed by atoms with Gasteiger partial charge in [-0.25, -0.2) is 13.6 Å². The van der Waals surface area contributed by atoms with Gasteiger partial charge >= 0.3 is 0 Å². The summed E-state index contributed by atoms with van der Waals surface area (Å²) >= 11 is 0. The van der Waals surface area contributed by atoms with Crippen molar-refractivity contribution in [3.63, 3.8) is 0 Å². The molecule has 6 heteroatoms. The van der Waals surface area contributed by atoms with E-state index in [4.69, 9.17) is 9.88 Å². The molecule has 0 amide bonds. The van der Waals surface area contributed by atoms with E-state index in [0.717, 1.165) is 25.9 Å². The smallest absolute Gasteiger partial charge is 0.241 e. The van der Waals surface area contributed by atoms with Gasteiger partial charge in [-0.15, -0.1) is 0 Å². The molecule has 1 aromatic carbocycles. The van der Waals surface area contributed by atoms with Gasteiger partial charge in [-0.1, -0.05) is 12.1 Å². The van der Waals surface area contributed by atoms with E-state index in [2.05, 4.69) is 5.32 Å². The summed E-state index contributed by atoms with van der Waals surface area (Å²) in [5.41, 5.74) is 0. The van der Waals surface area contributed by atoms with Gasteiger partial charge < -0.3 is 10.1 Å². The first kappa shape index (κ1) is 13.3. The second-order valence-corrected chi connectivity index (χ2v) is 6.02. The first-order chi connectivity index (χ1) is 8.57. The van der Waals surface area contributed by atoms with Gasteiger partial charge in [-0.05, 0) is 44.0 Å². The Morgan fingerprint density at radius 1 is 1.39 bits per heavy atom. The number of hydrogen-bond acceptors (Lipinski definition) is 4. The Hall–Kier alpha value is -1.11. The predicted octanol–water partition coefficient (Wildman–Crippen LogP) is 0.712. The maximum absolute atomic E-state index is 11.4. The number of nitrogens with two attached hydrogens (primary N) is 1. The monoisotopic (exact) mass is 270 g/mol. The fraction of sp³-hybridized carbons (Fsp3) is 0.500. The Morgan fingerprint density at radius 2 is 2.17 bits per heavy atom. The number of rotatable bonds is 5. The minimum Gasteiger partial charge on any atom is -0.492 e. The number of para-hydroxylation sites is 1. The zero-order chi connectivity index (χ0) is 13.0. The van der Waals surface area contributed by atoms with E-state index in [9.17, 15) is 8.42 Å². The van der Waals surface area contributed by atoms with Crippen LogP contribution in [0.15, 0.2) is 29.2 Å². The second-order valence-electron chi connectivity index (χ2n) is 4.49. The van der Waals surface area contributed by atoms with E-state index < -0.39 is 10.0 Å². The summed E-state index contributed by atoms with van der Waals surface area (Å²) in [4.78, 5) is 0.0505. The summed E-state index contributed by atoms with van der Waals surface area (Å²) in [6, 6.07) is 6.46. The highest BCUT2D eigenvalue weighted by Crippen LogP contribution is 2.22. The molecule has 1 heterocycles. The van der Waals surface area contributed by atoms with Crippen LogP contribution in [0.4, 0.5) is 0 Å². The second kappa shape index (κ2) is 5.69. The van der Waals surface area contributed by atoms with Crippen LogP contribution in [0, 0.1) is 5.92 Å². The number of nitrogens with one attached hydrogen (secondary N) is 1. The predicted molar refractivity (Wildman–Crippen MR) is 68.9 cm³/mol. The molecule has 100 valence electrons. The highest BCUT2D eigenvalue weighted by molar-refractivity contribution is 7.89. The van der Waals surface area contributed by atoms with Gasteiger partial charge in [0.1, 0.15) is 10.6 Å². The lowest BCUT2D eigenvalue weighted by Crippen LogP contribution is -2.15. The molecule has 1 aromatic rings. The van der Waals surface area contributed by atoms with E-state index in [1.54, 1.807) is 18.2 Å². The van der Waals surface area contributed by atoms with Crippen molar-refractivity contribution in [2.45, 2.75) is 17.7 Å². The van der Waals surface area contributed by atoms with Crippen LogP contribution in [0.3, 0.4) is 0 Å². The average molecular weight is 270 g/mol. The molecule has 1 aliphatic heterocycles. The first-order valence-electron chi connectivity index (χ1n) is 6.03. The topological polar surface area (TPSA) is 81.4 Å². The van der Waals surface area contributed by atoms with E-state index in [1.807, 2.05) is 0 Å². The van der Waals surface area contributed by atoms with Crippen molar-refractivity contribution >= 4 is 10.0 Å². The molecule has 1 atom stereocenters. The van der Waals surface area contributed by atoms with E-state index in [0.29, 0.717) is 18.3 Å². The molecule has 0 aliphatic carbocycles. The van der Waals surface area contributed by atoms with Crippen LogP contribution in [0.25, 0.3) is 0 Å². The minimum absolute atomic E-state index is 0.0505. The molecular formula is C12H18N2O3S. The summed E-state index contributed by atoms with van der Waals surface area (Å²) in [6.07, 6.45) is 2.08. The lowest BCUT2D eigenvalue weighted by Gasteiger charge is -2.12. The van der Waals surface area contributed by atoms with Crippen LogP contribution < -0.4 is 15.2 Å². The van der Waals surface area contributed by atoms with Crippen LogP contribution in [0.1, 0.15) is 12.8 Å². The molecule has 1 aliphatic rings. The summed E-state index contributed by atoms with van der Waals surface area (Å²) < 4.78 is 28.3. The highest BCUT2D eigenvalue weighted by Gasteiger charge is 2.16. The van der Waals surface area contributed by atoms with Crippen LogP contribution >= 0.6 is 0 Å². The molecule has 1 unspecified atom stereocenters. The van der Waals surface area contributed by atoms with Crippen molar-refractivity contribution < 1.29 is 13.2 Å². The molecule has 3 N–H and O–H groups in total. The number of primary sulfonamides is 1. The van der Waals surface area contributed by atoms with Gasteiger partial charge in [0.05, 0.1) is 6.61 Å². The standard InChI is InChI=1S/C12H18N2O3S/c13-18(15,16)12-4-2-1-3-11(12)17-8-6-10-5-7-14-9-10/h1-4,10,14H,5-9H2,(H2,13,15,16). The minimum atomic E-state index is -3.72. The van der Waals surface area contributed by atoms with Gasteiger partial charge in [0.25, 0.3) is 0 Å². The fourth-order valence-corrected chi connectivity index (χ4v) is 2.78. The van der Waals surface area contributed by atoms with Crippen molar-refractivity contribution in [3.05, 3.63) is 24.3 Å². The first-order valence-corrected chi connectivity index (χ1v) is 7.57. The SMILES string of the molecule is NS(=O)(=O)c1ccccc1OCCC1CCNC1. The van der Waals surface area contributed by atoms with Crippen molar-refractivity contribution in [3.8, 4) is 5.75 Å². The van der Waals surface area contributed by atoms with Crippen LogP contribution in [0.5, 0.6) is 5.75 Å². The number of sulfonamides is 1. The normalized spacial score (nSPS) is 19.9. The van der Waals surface area contributed by atoms with Crippen LogP contribution in [-0.2, 0) is 10.0 Å². The lowest BCUT2D eigenvalue weighted by molar-refractivity contribution is 0.277. The summed E-state index contributed by atoms with van der Waals surface area (Å²) in [5, 5.41) is 8.42. The molecule has 0 radical (unpaired) electrons. The van der Waals surface area contributed by atoms with E-state index in [1.165, 1.54) is 6.07 Å². The molecular weight excluding hydrogens is 252 g/mol. The van der Waals surface area contributed by atoms with Gasteiger partial charge in [0.2, 0.25) is 10.0 Å². The summed E-state index contributed by atoms with van der Waals surface area (Å²) in [6.45, 7) is 2.58.